The molecule has 0 fully saturated rings. The number of hydrogen-bond acceptors (Lipinski definition) is 3. The quantitative estimate of drug-likeness (QED) is 0.129. The fraction of sp³-hybridized carbons (Fsp3) is 0. The molecule has 0 saturated heterocycles. The van der Waals surface area contributed by atoms with Crippen molar-refractivity contribution in [2.24, 2.45) is 0 Å². The van der Waals surface area contributed by atoms with Crippen LogP contribution in [-0.4, -0.2) is 51.5 Å². The zero-order valence-electron chi connectivity index (χ0n) is 79.3. The topological polar surface area (TPSA) is 78.1 Å². The molecule has 0 N–H and O–H groups in total. The van der Waals surface area contributed by atoms with Crippen molar-refractivity contribution in [3.63, 3.8) is 0 Å². The van der Waals surface area contributed by atoms with Crippen molar-refractivity contribution < 1.29 is 0 Å². The summed E-state index contributed by atoms with van der Waals surface area (Å²) in [6.45, 7) is 0. The van der Waals surface area contributed by atoms with Crippen LogP contribution in [0.5, 0.6) is 0 Å². The fourth-order valence-corrected chi connectivity index (χ4v) is 23.0. The molecule has 9 heterocycles. The van der Waals surface area contributed by atoms with E-state index < -0.39 is 0 Å². The molecule has 684 valence electrons. The van der Waals surface area contributed by atoms with Crippen molar-refractivity contribution in [1.29, 1.82) is 0 Å². The van der Waals surface area contributed by atoms with Crippen LogP contribution in [0, 0.1) is 0 Å². The summed E-state index contributed by atoms with van der Waals surface area (Å²) in [6, 6.07) is 191. The summed E-state index contributed by atoms with van der Waals surface area (Å²) in [5.74, 6) is 1.95. The van der Waals surface area contributed by atoms with Crippen LogP contribution in [0.2, 0.25) is 0 Å². The number of aromatic nitrogens is 11. The number of nitrogens with zero attached hydrogens (tertiary/aromatic N) is 11. The zero-order valence-corrected chi connectivity index (χ0v) is 79.3. The molecule has 0 aliphatic carbocycles. The predicted molar refractivity (Wildman–Crippen MR) is 610 cm³/mol. The summed E-state index contributed by atoms with van der Waals surface area (Å²) in [5.41, 5.74) is 30.4. The molecule has 0 atom stereocenters. The van der Waals surface area contributed by atoms with Gasteiger partial charge in [-0.1, -0.05) is 382 Å². The van der Waals surface area contributed by atoms with Crippen LogP contribution < -0.4 is 0 Å². The maximum atomic E-state index is 4.94. The molecule has 0 bridgehead atoms. The molecule has 31 rings (SSSR count). The lowest BCUT2D eigenvalue weighted by Crippen LogP contribution is -2.01. The Hall–Kier alpha value is -19.8. The van der Waals surface area contributed by atoms with E-state index >= 15 is 0 Å². The maximum absolute atomic E-state index is 4.94. The number of benzene rings is 22. The second-order valence-electron chi connectivity index (χ2n) is 37.1. The third-order valence-corrected chi connectivity index (χ3v) is 29.0. The van der Waals surface area contributed by atoms with Crippen molar-refractivity contribution in [3.05, 3.63) is 540 Å². The smallest absolute Gasteiger partial charge is 0.164 e. The van der Waals surface area contributed by atoms with E-state index in [-0.39, 0.29) is 0 Å². The van der Waals surface area contributed by atoms with Gasteiger partial charge in [0.25, 0.3) is 0 Å². The average molecular weight is 1870 g/mol. The summed E-state index contributed by atoms with van der Waals surface area (Å²) < 4.78 is 19.4. The number of para-hydroxylation sites is 15. The largest absolute Gasteiger partial charge is 0.309 e. The summed E-state index contributed by atoms with van der Waals surface area (Å²) in [4.78, 5) is 14.7. The van der Waals surface area contributed by atoms with E-state index in [0.29, 0.717) is 17.5 Å². The second-order valence-corrected chi connectivity index (χ2v) is 37.1. The molecule has 31 aromatic rings. The highest BCUT2D eigenvalue weighted by molar-refractivity contribution is 6.39. The summed E-state index contributed by atoms with van der Waals surface area (Å²) in [7, 11) is 0. The normalized spacial score (nSPS) is 11.7. The van der Waals surface area contributed by atoms with Crippen LogP contribution in [0.4, 0.5) is 0 Å². The van der Waals surface area contributed by atoms with Gasteiger partial charge >= 0.3 is 0 Å². The Labute approximate surface area is 839 Å². The van der Waals surface area contributed by atoms with Gasteiger partial charge in [-0.05, 0) is 174 Å². The Balaban J connectivity index is 0.0000000955. The number of rotatable bonds is 11. The molecule has 0 aliphatic heterocycles. The van der Waals surface area contributed by atoms with Gasteiger partial charge in [0.05, 0.1) is 77.2 Å². The van der Waals surface area contributed by atoms with E-state index in [1.165, 1.54) is 203 Å². The first-order chi connectivity index (χ1) is 72.6. The van der Waals surface area contributed by atoms with Gasteiger partial charge < -0.3 is 27.4 Å². The molecule has 0 aliphatic rings. The van der Waals surface area contributed by atoms with E-state index in [1.54, 1.807) is 0 Å². The van der Waals surface area contributed by atoms with E-state index in [0.717, 1.165) is 33.6 Å². The Morgan fingerprint density at radius 2 is 0.295 bits per heavy atom. The highest BCUT2D eigenvalue weighted by Gasteiger charge is 2.30. The summed E-state index contributed by atoms with van der Waals surface area (Å²) in [6.07, 6.45) is 0. The van der Waals surface area contributed by atoms with Gasteiger partial charge in [0, 0.05) is 138 Å². The van der Waals surface area contributed by atoms with Crippen LogP contribution in [0.25, 0.3) is 254 Å². The van der Waals surface area contributed by atoms with Gasteiger partial charge in [0.2, 0.25) is 0 Å². The number of hydrogen-bond donors (Lipinski definition) is 0. The van der Waals surface area contributed by atoms with Crippen LogP contribution in [0.3, 0.4) is 0 Å². The monoisotopic (exact) mass is 1860 g/mol. The van der Waals surface area contributed by atoms with E-state index in [2.05, 4.69) is 516 Å². The molecular formula is C135H89N11. The van der Waals surface area contributed by atoms with Gasteiger partial charge in [0.1, 0.15) is 5.65 Å². The average Bonchev–Trinajstić information content (AvgIpc) is 1.53. The molecule has 22 aromatic carbocycles. The van der Waals surface area contributed by atoms with E-state index in [1.807, 2.05) is 60.7 Å². The van der Waals surface area contributed by atoms with Gasteiger partial charge in [-0.3, -0.25) is 9.13 Å². The third kappa shape index (κ3) is 13.6. The van der Waals surface area contributed by atoms with Crippen molar-refractivity contribution >= 4 is 174 Å². The summed E-state index contributed by atoms with van der Waals surface area (Å²) >= 11 is 0. The lowest BCUT2D eigenvalue weighted by atomic mass is 9.98. The number of fused-ring (bicyclic) bond motifs is 30. The van der Waals surface area contributed by atoms with Crippen LogP contribution in [0.1, 0.15) is 0 Å². The van der Waals surface area contributed by atoms with Crippen molar-refractivity contribution in [3.8, 4) is 79.7 Å². The van der Waals surface area contributed by atoms with E-state index in [4.69, 9.17) is 15.0 Å². The van der Waals surface area contributed by atoms with Crippen molar-refractivity contribution in [2.75, 3.05) is 0 Å². The molecule has 9 aromatic heterocycles. The Morgan fingerprint density at radius 1 is 0.110 bits per heavy atom. The Morgan fingerprint density at radius 3 is 0.603 bits per heavy atom. The molecular weight excluding hydrogens is 1780 g/mol. The molecule has 146 heavy (non-hydrogen) atoms. The molecule has 11 nitrogen and oxygen atoms in total. The standard InChI is InChI=1S/C41H27N5.2C34H22N2.C26H18N2/c1-4-14-28(15-5-1)39-42-40(29-16-6-2-7-17-29)44-41(43-39)30-24-26-32(27-25-30)46-36-23-13-11-21-34(36)37-38(46)33-20-10-12-22-35(33)45(37)31-18-8-3-9-19-31;1-3-13-23(14-4-1)35-30-22-12-10-20-28(30)32-33(35)26-18-8-7-17-25(26)31-27-19-9-11-21-29(27)36(34(31)32)24-15-5-2-6-16-24;1-3-13-23(14-4-1)35-29-21-11-9-19-27(29)31-25-17-7-8-18-26(25)32-28-20-10-12-22-30(28)36(34(32)33(31)35)24-15-5-2-6-16-24;1-3-11-19(12-4-1)27-23-17-9-7-15-21(23)25-22-16-8-10-18-24(22)28(26(25)27)20-13-5-2-6-14-20/h1-27H;2*1-22H;1-18H. The van der Waals surface area contributed by atoms with Crippen LogP contribution in [-0.2, 0) is 0 Å². The van der Waals surface area contributed by atoms with Gasteiger partial charge in [-0.25, -0.2) is 15.0 Å². The van der Waals surface area contributed by atoms with Crippen molar-refractivity contribution in [1.82, 2.24) is 51.5 Å². The first-order valence-corrected chi connectivity index (χ1v) is 49.7. The summed E-state index contributed by atoms with van der Waals surface area (Å²) in [5, 5.41) is 21.8. The van der Waals surface area contributed by atoms with Crippen LogP contribution in [0.15, 0.2) is 540 Å². The first-order valence-electron chi connectivity index (χ1n) is 49.7. The SMILES string of the molecule is c1ccc(-c2nc(-c3ccccc3)nc(-c3ccc(-n4c5ccccc5c5c4c4ccccc4n5-c4ccccc4)cc3)n2)cc1.c1ccc(-n2c3ccccc3c3c2c2ccccc2c2c4ccccc4n(-c4ccccc4)c23)cc1.c1ccc(-n2c3ccccc3c3c4ccccc4c4c5ccccc5n(-c5ccccc5)c4c32)cc1.c1ccc(-n2c3ccccc3c3c4ccccc4n(-c4ccccc4)c32)cc1. The minimum Gasteiger partial charge on any atom is -0.309 e. The fourth-order valence-electron chi connectivity index (χ4n) is 23.0. The molecule has 0 spiro atoms. The molecule has 0 amide bonds. The van der Waals surface area contributed by atoms with Crippen molar-refractivity contribution in [2.45, 2.75) is 0 Å². The third-order valence-electron chi connectivity index (χ3n) is 29.0. The second kappa shape index (κ2) is 35.2. The van der Waals surface area contributed by atoms with Gasteiger partial charge in [-0.2, -0.15) is 0 Å². The highest BCUT2D eigenvalue weighted by atomic mass is 15.1. The molecule has 11 heteroatoms. The lowest BCUT2D eigenvalue weighted by Gasteiger charge is -2.13. The van der Waals surface area contributed by atoms with E-state index in [9.17, 15) is 0 Å². The Bertz CT molecular complexity index is 10100. The molecule has 0 unspecified atom stereocenters. The van der Waals surface area contributed by atoms with Gasteiger partial charge in [-0.15, -0.1) is 0 Å². The minimum atomic E-state index is 0.641. The molecule has 0 radical (unpaired) electrons. The minimum absolute atomic E-state index is 0.641. The Kier molecular flexibility index (Phi) is 20.4. The zero-order chi connectivity index (χ0) is 96.2. The first kappa shape index (κ1) is 84.3. The molecule has 0 saturated carbocycles. The predicted octanol–water partition coefficient (Wildman–Crippen LogP) is 34.7. The van der Waals surface area contributed by atoms with Crippen LogP contribution >= 0.6 is 0 Å². The maximum Gasteiger partial charge on any atom is 0.164 e. The highest BCUT2D eigenvalue weighted by Crippen LogP contribution is 2.51. The van der Waals surface area contributed by atoms with Gasteiger partial charge in [0.15, 0.2) is 17.5 Å². The lowest BCUT2D eigenvalue weighted by molar-refractivity contribution is 1.07.